The van der Waals surface area contributed by atoms with Crippen molar-refractivity contribution in [3.63, 3.8) is 0 Å². The number of carbonyl (C=O) groups is 1. The maximum absolute atomic E-state index is 14.1. The van der Waals surface area contributed by atoms with Crippen LogP contribution in [0, 0.1) is 13.8 Å². The molecule has 0 atom stereocenters. The molecule has 1 aliphatic heterocycles. The van der Waals surface area contributed by atoms with E-state index in [0.29, 0.717) is 29.0 Å². The van der Waals surface area contributed by atoms with E-state index in [9.17, 15) is 18.0 Å². The van der Waals surface area contributed by atoms with Crippen LogP contribution in [0.1, 0.15) is 63.5 Å². The van der Waals surface area contributed by atoms with Crippen LogP contribution in [0.3, 0.4) is 0 Å². The number of imidazole rings is 1. The Hall–Kier alpha value is -4.48. The van der Waals surface area contributed by atoms with Crippen LogP contribution in [-0.2, 0) is 26.2 Å². The summed E-state index contributed by atoms with van der Waals surface area (Å²) >= 11 is 0. The molecule has 0 spiro atoms. The van der Waals surface area contributed by atoms with Crippen LogP contribution < -0.4 is 0 Å². The van der Waals surface area contributed by atoms with E-state index in [1.54, 1.807) is 28.5 Å². The summed E-state index contributed by atoms with van der Waals surface area (Å²) in [5, 5.41) is 8.23. The Morgan fingerprint density at radius 1 is 1.02 bits per heavy atom. The summed E-state index contributed by atoms with van der Waals surface area (Å²) in [4.78, 5) is 23.9. The van der Waals surface area contributed by atoms with E-state index >= 15 is 0 Å². The third-order valence-electron chi connectivity index (χ3n) is 7.83. The first-order valence-corrected chi connectivity index (χ1v) is 13.9. The van der Waals surface area contributed by atoms with Gasteiger partial charge >= 0.3 is 6.18 Å². The van der Waals surface area contributed by atoms with Crippen molar-refractivity contribution >= 4 is 11.6 Å². The lowest BCUT2D eigenvalue weighted by molar-refractivity contribution is -0.141. The Balaban J connectivity index is 1.30. The standard InChI is InChI=1S/C30H31F3N8O/c1-19-13-21(7-8-23(19)29(42)39-10-5-4-6-11-39)15-25-28-35-16-26(41(28)12-9-34-25)24-18-40(37-27(24)30(31,32)33)17-22-14-20(2)38(3)36-22/h7-9,12-14,16,18H,4-6,10-11,15,17H2,1-3H3. The Morgan fingerprint density at radius 2 is 1.81 bits per heavy atom. The van der Waals surface area contributed by atoms with E-state index < -0.39 is 11.9 Å². The van der Waals surface area contributed by atoms with Crippen LogP contribution in [0.4, 0.5) is 13.2 Å². The molecule has 1 aliphatic rings. The predicted molar refractivity (Wildman–Crippen MR) is 150 cm³/mol. The first kappa shape index (κ1) is 27.7. The van der Waals surface area contributed by atoms with Gasteiger partial charge in [-0.2, -0.15) is 23.4 Å². The number of hydrogen-bond acceptors (Lipinski definition) is 5. The minimum Gasteiger partial charge on any atom is -0.339 e. The van der Waals surface area contributed by atoms with Gasteiger partial charge in [0.2, 0.25) is 0 Å². The maximum atomic E-state index is 14.1. The smallest absolute Gasteiger partial charge is 0.339 e. The first-order chi connectivity index (χ1) is 20.1. The average Bonchev–Trinajstić information content (AvgIpc) is 3.66. The summed E-state index contributed by atoms with van der Waals surface area (Å²) in [5.41, 5.74) is 4.29. The molecule has 42 heavy (non-hydrogen) atoms. The summed E-state index contributed by atoms with van der Waals surface area (Å²) < 4.78 is 46.9. The van der Waals surface area contributed by atoms with Crippen LogP contribution in [0.25, 0.3) is 16.9 Å². The molecule has 0 saturated carbocycles. The van der Waals surface area contributed by atoms with Crippen LogP contribution in [0.2, 0.25) is 0 Å². The second-order valence-corrected chi connectivity index (χ2v) is 10.9. The second kappa shape index (κ2) is 10.7. The highest BCUT2D eigenvalue weighted by molar-refractivity contribution is 5.95. The minimum absolute atomic E-state index is 0.0519. The van der Waals surface area contributed by atoms with Crippen molar-refractivity contribution in [2.24, 2.45) is 7.05 Å². The number of carbonyl (C=O) groups excluding carboxylic acids is 1. The molecule has 4 aromatic heterocycles. The number of hydrogen-bond donors (Lipinski definition) is 0. The van der Waals surface area contributed by atoms with Gasteiger partial charge in [-0.15, -0.1) is 0 Å². The molecule has 1 saturated heterocycles. The molecule has 0 N–H and O–H groups in total. The molecule has 5 heterocycles. The molecule has 1 amide bonds. The fourth-order valence-corrected chi connectivity index (χ4v) is 5.61. The largest absolute Gasteiger partial charge is 0.435 e. The Bertz CT molecular complexity index is 1760. The molecule has 9 nitrogen and oxygen atoms in total. The number of alkyl halides is 3. The van der Waals surface area contributed by atoms with Gasteiger partial charge in [0.05, 0.1) is 35.4 Å². The number of halogens is 3. The van der Waals surface area contributed by atoms with Crippen molar-refractivity contribution in [2.75, 3.05) is 13.1 Å². The highest BCUT2D eigenvalue weighted by Gasteiger charge is 2.38. The molecular weight excluding hydrogens is 545 g/mol. The second-order valence-electron chi connectivity index (χ2n) is 10.9. The van der Waals surface area contributed by atoms with Gasteiger partial charge in [-0.25, -0.2) is 4.98 Å². The molecule has 6 rings (SSSR count). The van der Waals surface area contributed by atoms with E-state index in [1.165, 1.54) is 17.1 Å². The lowest BCUT2D eigenvalue weighted by Crippen LogP contribution is -2.35. The van der Waals surface area contributed by atoms with Crippen molar-refractivity contribution in [1.82, 2.24) is 38.8 Å². The summed E-state index contributed by atoms with van der Waals surface area (Å²) in [6.07, 6.45) is 4.93. The van der Waals surface area contributed by atoms with Gasteiger partial charge in [0.1, 0.15) is 0 Å². The predicted octanol–water partition coefficient (Wildman–Crippen LogP) is 5.23. The Labute approximate surface area is 240 Å². The summed E-state index contributed by atoms with van der Waals surface area (Å²) in [6.45, 7) is 5.47. The number of amides is 1. The fraction of sp³-hybridized carbons (Fsp3) is 0.367. The Kier molecular flexibility index (Phi) is 7.07. The number of fused-ring (bicyclic) bond motifs is 1. The average molecular weight is 577 g/mol. The molecule has 218 valence electrons. The van der Waals surface area contributed by atoms with Gasteiger partial charge in [-0.3, -0.25) is 23.5 Å². The fourth-order valence-electron chi connectivity index (χ4n) is 5.61. The van der Waals surface area contributed by atoms with Gasteiger partial charge in [0, 0.05) is 56.4 Å². The van der Waals surface area contributed by atoms with E-state index in [-0.39, 0.29) is 23.7 Å². The molecule has 1 aromatic carbocycles. The Morgan fingerprint density at radius 3 is 2.50 bits per heavy atom. The van der Waals surface area contributed by atoms with Gasteiger partial charge in [-0.1, -0.05) is 12.1 Å². The number of likely N-dealkylation sites (tertiary alicyclic amines) is 1. The van der Waals surface area contributed by atoms with Crippen molar-refractivity contribution < 1.29 is 18.0 Å². The summed E-state index contributed by atoms with van der Waals surface area (Å²) in [6, 6.07) is 7.55. The van der Waals surface area contributed by atoms with E-state index in [1.807, 2.05) is 43.0 Å². The van der Waals surface area contributed by atoms with Gasteiger partial charge in [0.15, 0.2) is 11.3 Å². The molecule has 0 bridgehead atoms. The maximum Gasteiger partial charge on any atom is 0.435 e. The zero-order valence-electron chi connectivity index (χ0n) is 23.7. The summed E-state index contributed by atoms with van der Waals surface area (Å²) in [5.74, 6) is 0.0519. The van der Waals surface area contributed by atoms with Gasteiger partial charge < -0.3 is 4.90 Å². The monoisotopic (exact) mass is 576 g/mol. The number of aromatic nitrogens is 7. The SMILES string of the molecule is Cc1cc(Cc2nccn3c(-c4cn(Cc5cc(C)n(C)n5)nc4C(F)(F)F)cnc23)ccc1C(=O)N1CCCCC1. The molecular formula is C30H31F3N8O. The number of benzene rings is 1. The number of aryl methyl sites for hydroxylation is 3. The molecule has 0 unspecified atom stereocenters. The lowest BCUT2D eigenvalue weighted by Gasteiger charge is -2.27. The highest BCUT2D eigenvalue weighted by Crippen LogP contribution is 2.36. The molecule has 1 fully saturated rings. The number of nitrogens with zero attached hydrogens (tertiary/aromatic N) is 8. The van der Waals surface area contributed by atoms with Gasteiger partial charge in [0.25, 0.3) is 5.91 Å². The van der Waals surface area contributed by atoms with Gasteiger partial charge in [-0.05, 0) is 56.4 Å². The molecule has 12 heteroatoms. The lowest BCUT2D eigenvalue weighted by atomic mass is 10.0. The third-order valence-corrected chi connectivity index (χ3v) is 7.83. The van der Waals surface area contributed by atoms with E-state index in [2.05, 4.69) is 20.2 Å². The normalized spacial score (nSPS) is 14.2. The quantitative estimate of drug-likeness (QED) is 0.277. The van der Waals surface area contributed by atoms with Crippen molar-refractivity contribution in [3.05, 3.63) is 88.5 Å². The van der Waals surface area contributed by atoms with E-state index in [0.717, 1.165) is 49.2 Å². The highest BCUT2D eigenvalue weighted by atomic mass is 19.4. The van der Waals surface area contributed by atoms with Crippen LogP contribution in [0.15, 0.2) is 49.1 Å². The van der Waals surface area contributed by atoms with Crippen LogP contribution >= 0.6 is 0 Å². The molecule has 0 radical (unpaired) electrons. The summed E-state index contributed by atoms with van der Waals surface area (Å²) in [7, 11) is 1.78. The topological polar surface area (TPSA) is 86.1 Å². The zero-order valence-corrected chi connectivity index (χ0v) is 23.7. The molecule has 5 aromatic rings. The minimum atomic E-state index is -4.66. The van der Waals surface area contributed by atoms with Crippen molar-refractivity contribution in [3.8, 4) is 11.3 Å². The molecule has 0 aliphatic carbocycles. The van der Waals surface area contributed by atoms with Crippen molar-refractivity contribution in [1.29, 1.82) is 0 Å². The van der Waals surface area contributed by atoms with Crippen molar-refractivity contribution in [2.45, 2.75) is 52.3 Å². The number of rotatable bonds is 6. The number of piperidine rings is 1. The first-order valence-electron chi connectivity index (χ1n) is 13.9. The van der Waals surface area contributed by atoms with Crippen LogP contribution in [0.5, 0.6) is 0 Å². The zero-order chi connectivity index (χ0) is 29.6. The third kappa shape index (κ3) is 5.28. The van der Waals surface area contributed by atoms with E-state index in [4.69, 9.17) is 0 Å². The van der Waals surface area contributed by atoms with Crippen LogP contribution in [-0.4, -0.2) is 57.8 Å².